The summed E-state index contributed by atoms with van der Waals surface area (Å²) in [6, 6.07) is 13.4. The Labute approximate surface area is 198 Å². The fraction of sp³-hybridized carbons (Fsp3) is 0.200. The Hall–Kier alpha value is -4.40. The van der Waals surface area contributed by atoms with Gasteiger partial charge in [-0.15, -0.1) is 5.10 Å². The second-order valence-corrected chi connectivity index (χ2v) is 7.98. The number of aromatic nitrogens is 5. The molecule has 0 radical (unpaired) electrons. The Balaban J connectivity index is 1.61. The Morgan fingerprint density at radius 3 is 2.71 bits per heavy atom. The normalized spacial score (nSPS) is 12.2. The van der Waals surface area contributed by atoms with Gasteiger partial charge in [0, 0.05) is 36.8 Å². The lowest BCUT2D eigenvalue weighted by molar-refractivity contribution is 0.843. The summed E-state index contributed by atoms with van der Waals surface area (Å²) in [7, 11) is 1.81. The van der Waals surface area contributed by atoms with E-state index in [4.69, 9.17) is 10.7 Å². The number of aliphatic imine (C=N–C) groups is 1. The second kappa shape index (κ2) is 10.5. The van der Waals surface area contributed by atoms with Crippen molar-refractivity contribution in [3.05, 3.63) is 84.1 Å². The first-order chi connectivity index (χ1) is 16.5. The van der Waals surface area contributed by atoms with Crippen LogP contribution in [-0.4, -0.2) is 38.0 Å². The first-order valence-corrected chi connectivity index (χ1v) is 11.0. The molecule has 4 aromatic heterocycles. The Kier molecular flexibility index (Phi) is 7.02. The molecule has 0 bridgehead atoms. The standard InChI is InChI=1S/C25H27N9/c1-16(2)17-11-24(34-31-13-17)33-23-8-7-21-22(32-23)10-18(12-29-21)20(15-27-3)25(26)30-14-19-6-4-5-9-28-19/h4-13,15-16,27H,14H2,1-3H3,(H2,26,30)(H,32,33,34)/b20-15-. The molecular formula is C25H27N9. The molecule has 0 aromatic carbocycles. The van der Waals surface area contributed by atoms with E-state index in [1.54, 1.807) is 24.8 Å². The van der Waals surface area contributed by atoms with Gasteiger partial charge in [0.25, 0.3) is 0 Å². The van der Waals surface area contributed by atoms with Gasteiger partial charge in [0.2, 0.25) is 0 Å². The molecule has 9 heteroatoms. The predicted molar refractivity (Wildman–Crippen MR) is 136 cm³/mol. The third kappa shape index (κ3) is 5.50. The van der Waals surface area contributed by atoms with Gasteiger partial charge in [-0.25, -0.2) is 4.98 Å². The predicted octanol–water partition coefficient (Wildman–Crippen LogP) is 3.80. The van der Waals surface area contributed by atoms with Crippen LogP contribution in [0.25, 0.3) is 16.6 Å². The molecule has 4 heterocycles. The van der Waals surface area contributed by atoms with Crippen LogP contribution in [0.5, 0.6) is 0 Å². The van der Waals surface area contributed by atoms with E-state index in [0.717, 1.165) is 33.4 Å². The zero-order valence-electron chi connectivity index (χ0n) is 19.4. The Morgan fingerprint density at radius 1 is 1.06 bits per heavy atom. The lowest BCUT2D eigenvalue weighted by Crippen LogP contribution is -2.17. The van der Waals surface area contributed by atoms with Crippen molar-refractivity contribution in [1.82, 2.24) is 30.5 Å². The molecule has 0 aliphatic carbocycles. The summed E-state index contributed by atoms with van der Waals surface area (Å²) in [5, 5.41) is 14.5. The Bertz CT molecular complexity index is 1330. The number of fused-ring (bicyclic) bond motifs is 1. The van der Waals surface area contributed by atoms with Gasteiger partial charge < -0.3 is 16.4 Å². The highest BCUT2D eigenvalue weighted by Crippen LogP contribution is 2.22. The zero-order valence-corrected chi connectivity index (χ0v) is 19.4. The van der Waals surface area contributed by atoms with Crippen molar-refractivity contribution in [2.45, 2.75) is 26.3 Å². The van der Waals surface area contributed by atoms with Crippen LogP contribution in [0.15, 0.2) is 72.2 Å². The lowest BCUT2D eigenvalue weighted by Gasteiger charge is -2.10. The average Bonchev–Trinajstić information content (AvgIpc) is 2.86. The Morgan fingerprint density at radius 2 is 1.94 bits per heavy atom. The van der Waals surface area contributed by atoms with Gasteiger partial charge in [0.1, 0.15) is 11.7 Å². The highest BCUT2D eigenvalue weighted by atomic mass is 15.2. The highest BCUT2D eigenvalue weighted by molar-refractivity contribution is 6.22. The summed E-state index contributed by atoms with van der Waals surface area (Å²) in [4.78, 5) is 18.1. The number of hydrogen-bond acceptors (Lipinski definition) is 8. The molecule has 4 aromatic rings. The number of anilines is 2. The number of nitrogens with zero attached hydrogens (tertiary/aromatic N) is 6. The quantitative estimate of drug-likeness (QED) is 0.272. The summed E-state index contributed by atoms with van der Waals surface area (Å²) < 4.78 is 0. The minimum Gasteiger partial charge on any atom is -0.393 e. The summed E-state index contributed by atoms with van der Waals surface area (Å²) in [5.41, 5.74) is 11.3. The summed E-state index contributed by atoms with van der Waals surface area (Å²) >= 11 is 0. The molecule has 172 valence electrons. The number of nitrogens with one attached hydrogen (secondary N) is 2. The first-order valence-electron chi connectivity index (χ1n) is 11.0. The average molecular weight is 454 g/mol. The lowest BCUT2D eigenvalue weighted by atomic mass is 10.1. The molecule has 0 unspecified atom stereocenters. The van der Waals surface area contributed by atoms with Gasteiger partial charge in [0.15, 0.2) is 5.82 Å². The molecule has 4 rings (SSSR count). The third-order valence-electron chi connectivity index (χ3n) is 5.15. The van der Waals surface area contributed by atoms with Crippen LogP contribution < -0.4 is 16.4 Å². The summed E-state index contributed by atoms with van der Waals surface area (Å²) in [5.74, 6) is 2.03. The van der Waals surface area contributed by atoms with Crippen molar-refractivity contribution in [2.75, 3.05) is 12.4 Å². The molecule has 9 nitrogen and oxygen atoms in total. The van der Waals surface area contributed by atoms with Crippen LogP contribution in [0, 0.1) is 0 Å². The van der Waals surface area contributed by atoms with Gasteiger partial charge in [0.05, 0.1) is 29.5 Å². The van der Waals surface area contributed by atoms with Crippen molar-refractivity contribution in [2.24, 2.45) is 10.7 Å². The summed E-state index contributed by atoms with van der Waals surface area (Å²) in [6.45, 7) is 4.62. The van der Waals surface area contributed by atoms with Crippen LogP contribution in [0.4, 0.5) is 11.6 Å². The van der Waals surface area contributed by atoms with Crippen LogP contribution >= 0.6 is 0 Å². The fourth-order valence-electron chi connectivity index (χ4n) is 3.31. The molecule has 4 N–H and O–H groups in total. The fourth-order valence-corrected chi connectivity index (χ4v) is 3.31. The topological polar surface area (TPSA) is 127 Å². The first kappa shape index (κ1) is 22.8. The minimum atomic E-state index is 0.356. The molecule has 0 atom stereocenters. The monoisotopic (exact) mass is 453 g/mol. The number of hydrogen-bond donors (Lipinski definition) is 3. The van der Waals surface area contributed by atoms with Gasteiger partial charge in [-0.2, -0.15) is 5.10 Å². The van der Waals surface area contributed by atoms with E-state index in [2.05, 4.69) is 49.6 Å². The zero-order chi connectivity index (χ0) is 23.9. The van der Waals surface area contributed by atoms with E-state index in [-0.39, 0.29) is 0 Å². The van der Waals surface area contributed by atoms with Crippen LogP contribution in [-0.2, 0) is 6.54 Å². The highest BCUT2D eigenvalue weighted by Gasteiger charge is 2.10. The van der Waals surface area contributed by atoms with Gasteiger partial charge in [-0.1, -0.05) is 19.9 Å². The van der Waals surface area contributed by atoms with Crippen molar-refractivity contribution in [1.29, 1.82) is 0 Å². The smallest absolute Gasteiger partial charge is 0.154 e. The number of rotatable bonds is 8. The second-order valence-electron chi connectivity index (χ2n) is 7.98. The van der Waals surface area contributed by atoms with Crippen molar-refractivity contribution in [3.63, 3.8) is 0 Å². The summed E-state index contributed by atoms with van der Waals surface area (Å²) in [6.07, 6.45) is 7.08. The molecule has 0 spiro atoms. The van der Waals surface area contributed by atoms with E-state index >= 15 is 0 Å². The number of pyridine rings is 3. The third-order valence-corrected chi connectivity index (χ3v) is 5.15. The number of nitrogens with two attached hydrogens (primary N) is 1. The molecule has 34 heavy (non-hydrogen) atoms. The van der Waals surface area contributed by atoms with E-state index < -0.39 is 0 Å². The molecule has 0 amide bonds. The van der Waals surface area contributed by atoms with E-state index in [0.29, 0.717) is 29.9 Å². The maximum Gasteiger partial charge on any atom is 0.154 e. The molecule has 0 saturated carbocycles. The van der Waals surface area contributed by atoms with Crippen molar-refractivity contribution >= 4 is 34.1 Å². The van der Waals surface area contributed by atoms with Crippen LogP contribution in [0.2, 0.25) is 0 Å². The molecule has 0 aliphatic heterocycles. The minimum absolute atomic E-state index is 0.356. The SMILES string of the molecule is CN/C=C(\C(N)=NCc1ccccn1)c1cnc2ccc(Nc3cc(C(C)C)cnn3)nc2c1. The van der Waals surface area contributed by atoms with Gasteiger partial charge >= 0.3 is 0 Å². The van der Waals surface area contributed by atoms with E-state index in [9.17, 15) is 0 Å². The molecule has 0 saturated heterocycles. The van der Waals surface area contributed by atoms with E-state index in [1.165, 1.54) is 0 Å². The largest absolute Gasteiger partial charge is 0.393 e. The molecule has 0 fully saturated rings. The molecule has 0 aliphatic rings. The maximum absolute atomic E-state index is 6.34. The van der Waals surface area contributed by atoms with Crippen molar-refractivity contribution in [3.8, 4) is 0 Å². The van der Waals surface area contributed by atoms with Crippen LogP contribution in [0.3, 0.4) is 0 Å². The van der Waals surface area contributed by atoms with Gasteiger partial charge in [-0.05, 0) is 47.9 Å². The van der Waals surface area contributed by atoms with E-state index in [1.807, 2.05) is 49.5 Å². The molecular weight excluding hydrogens is 426 g/mol. The van der Waals surface area contributed by atoms with Crippen LogP contribution in [0.1, 0.15) is 36.6 Å². The van der Waals surface area contributed by atoms with Gasteiger partial charge in [-0.3, -0.25) is 15.0 Å². The van der Waals surface area contributed by atoms with Crippen molar-refractivity contribution < 1.29 is 0 Å². The number of amidine groups is 1. The maximum atomic E-state index is 6.34.